The highest BCUT2D eigenvalue weighted by Gasteiger charge is 2.35. The molecule has 3 rings (SSSR count). The number of hydrogen-bond acceptors (Lipinski definition) is 6. The number of thioether (sulfide) groups is 1. The van der Waals surface area contributed by atoms with E-state index in [9.17, 15) is 14.7 Å². The van der Waals surface area contributed by atoms with Crippen molar-refractivity contribution in [2.45, 2.75) is 36.7 Å². The Morgan fingerprint density at radius 3 is 3.13 bits per heavy atom. The van der Waals surface area contributed by atoms with Gasteiger partial charge in [-0.25, -0.2) is 14.8 Å². The van der Waals surface area contributed by atoms with Gasteiger partial charge in [-0.05, 0) is 5.75 Å². The van der Waals surface area contributed by atoms with Crippen LogP contribution in [0.4, 0.5) is 0 Å². The van der Waals surface area contributed by atoms with Crippen molar-refractivity contribution in [3.05, 3.63) is 28.8 Å². The second kappa shape index (κ2) is 6.71. The number of nitrogens with zero attached hydrogens (tertiary/aromatic N) is 3. The number of hydrogen-bond donors (Lipinski definition) is 2. The first-order valence-electron chi connectivity index (χ1n) is 7.19. The molecule has 1 aliphatic rings. The van der Waals surface area contributed by atoms with Gasteiger partial charge < -0.3 is 15.0 Å². The van der Waals surface area contributed by atoms with E-state index in [-0.39, 0.29) is 25.3 Å². The van der Waals surface area contributed by atoms with E-state index >= 15 is 0 Å². The normalized spacial score (nSPS) is 17.1. The first-order valence-corrected chi connectivity index (χ1v) is 9.05. The van der Waals surface area contributed by atoms with Crippen LogP contribution in [0.25, 0.3) is 0 Å². The predicted molar refractivity (Wildman–Crippen MR) is 86.5 cm³/mol. The van der Waals surface area contributed by atoms with Crippen molar-refractivity contribution >= 4 is 35.0 Å². The van der Waals surface area contributed by atoms with Gasteiger partial charge in [-0.15, -0.1) is 11.3 Å². The summed E-state index contributed by atoms with van der Waals surface area (Å²) >= 11 is 3.14. The highest BCUT2D eigenvalue weighted by Crippen LogP contribution is 2.24. The van der Waals surface area contributed by atoms with Gasteiger partial charge in [-0.2, -0.15) is 0 Å². The maximum absolute atomic E-state index is 12.6. The van der Waals surface area contributed by atoms with Crippen molar-refractivity contribution in [1.82, 2.24) is 19.9 Å². The van der Waals surface area contributed by atoms with E-state index in [1.54, 1.807) is 11.8 Å². The van der Waals surface area contributed by atoms with E-state index in [0.29, 0.717) is 5.69 Å². The second-order valence-corrected chi connectivity index (χ2v) is 7.49. The second-order valence-electron chi connectivity index (χ2n) is 5.12. The topological polar surface area (TPSA) is 99.2 Å². The number of imidazole rings is 1. The molecular weight excluding hydrogens is 336 g/mol. The first-order chi connectivity index (χ1) is 11.1. The molecule has 0 saturated heterocycles. The SMILES string of the molecule is CCSc1nc(CC(=O)N2Cc3[nH]cnc3C[C@@H]2C(=O)O)cs1. The number of aliphatic carboxylic acids is 1. The fourth-order valence-electron chi connectivity index (χ4n) is 2.53. The Bertz CT molecular complexity index is 727. The molecule has 0 bridgehead atoms. The number of H-pyrrole nitrogens is 1. The quantitative estimate of drug-likeness (QED) is 0.792. The number of thiazole rings is 1. The third kappa shape index (κ3) is 3.40. The summed E-state index contributed by atoms with van der Waals surface area (Å²) in [5.74, 6) is -0.306. The lowest BCUT2D eigenvalue weighted by Gasteiger charge is -2.32. The number of carboxylic acids is 1. The number of amides is 1. The van der Waals surface area contributed by atoms with Crippen molar-refractivity contribution in [2.75, 3.05) is 5.75 Å². The van der Waals surface area contributed by atoms with Crippen molar-refractivity contribution in [3.8, 4) is 0 Å². The monoisotopic (exact) mass is 352 g/mol. The lowest BCUT2D eigenvalue weighted by atomic mass is 10.0. The molecule has 2 N–H and O–H groups in total. The average Bonchev–Trinajstić information content (AvgIpc) is 3.14. The van der Waals surface area contributed by atoms with Crippen LogP contribution in [0.5, 0.6) is 0 Å². The van der Waals surface area contributed by atoms with E-state index in [1.807, 2.05) is 12.3 Å². The van der Waals surface area contributed by atoms with Crippen LogP contribution in [0.3, 0.4) is 0 Å². The lowest BCUT2D eigenvalue weighted by molar-refractivity contribution is -0.151. The molecule has 1 atom stereocenters. The summed E-state index contributed by atoms with van der Waals surface area (Å²) in [4.78, 5) is 37.0. The van der Waals surface area contributed by atoms with Crippen LogP contribution in [-0.4, -0.2) is 48.6 Å². The van der Waals surface area contributed by atoms with Gasteiger partial charge in [-0.1, -0.05) is 18.7 Å². The molecule has 0 unspecified atom stereocenters. The summed E-state index contributed by atoms with van der Waals surface area (Å²) < 4.78 is 0.930. The van der Waals surface area contributed by atoms with Gasteiger partial charge in [-0.3, -0.25) is 4.79 Å². The van der Waals surface area contributed by atoms with E-state index in [0.717, 1.165) is 21.5 Å². The Morgan fingerprint density at radius 2 is 2.39 bits per heavy atom. The summed E-state index contributed by atoms with van der Waals surface area (Å²) in [5.41, 5.74) is 2.21. The summed E-state index contributed by atoms with van der Waals surface area (Å²) in [5, 5.41) is 11.3. The number of aromatic nitrogens is 3. The maximum Gasteiger partial charge on any atom is 0.326 e. The number of aromatic amines is 1. The minimum atomic E-state index is -1.01. The fraction of sp³-hybridized carbons (Fsp3) is 0.429. The number of carbonyl (C=O) groups excluding carboxylic acids is 1. The minimum Gasteiger partial charge on any atom is -0.480 e. The van der Waals surface area contributed by atoms with E-state index < -0.39 is 12.0 Å². The molecule has 122 valence electrons. The van der Waals surface area contributed by atoms with Crippen LogP contribution >= 0.6 is 23.1 Å². The van der Waals surface area contributed by atoms with Gasteiger partial charge in [0.05, 0.1) is 36.4 Å². The van der Waals surface area contributed by atoms with Gasteiger partial charge in [0, 0.05) is 11.8 Å². The molecule has 0 fully saturated rings. The molecule has 0 aromatic carbocycles. The summed E-state index contributed by atoms with van der Waals surface area (Å²) in [7, 11) is 0. The van der Waals surface area contributed by atoms with Gasteiger partial charge >= 0.3 is 5.97 Å². The summed E-state index contributed by atoms with van der Waals surface area (Å²) in [6, 6.07) is -0.874. The third-order valence-electron chi connectivity index (χ3n) is 3.64. The molecule has 0 saturated carbocycles. The van der Waals surface area contributed by atoms with Gasteiger partial charge in [0.2, 0.25) is 5.91 Å². The highest BCUT2D eigenvalue weighted by atomic mass is 32.2. The molecule has 9 heteroatoms. The van der Waals surface area contributed by atoms with Crippen molar-refractivity contribution < 1.29 is 14.7 Å². The standard InChI is InChI=1S/C14H16N4O3S2/c1-2-22-14-17-8(6-23-14)3-12(19)18-5-10-9(15-7-16-10)4-11(18)13(20)21/h6-7,11H,2-5H2,1H3,(H,15,16)(H,20,21)/t11-/m1/s1. The minimum absolute atomic E-state index is 0.119. The molecule has 0 radical (unpaired) electrons. The molecule has 1 aliphatic heterocycles. The van der Waals surface area contributed by atoms with Gasteiger partial charge in [0.15, 0.2) is 0 Å². The molecule has 0 spiro atoms. The predicted octanol–water partition coefficient (Wildman–Crippen LogP) is 1.56. The third-order valence-corrected chi connectivity index (χ3v) is 5.59. The molecule has 7 nitrogen and oxygen atoms in total. The van der Waals surface area contributed by atoms with Crippen LogP contribution < -0.4 is 0 Å². The number of carbonyl (C=O) groups is 2. The first kappa shape index (κ1) is 16.0. The van der Waals surface area contributed by atoms with Gasteiger partial charge in [0.25, 0.3) is 0 Å². The highest BCUT2D eigenvalue weighted by molar-refractivity contribution is 8.00. The number of carboxylic acid groups (broad SMARTS) is 1. The van der Waals surface area contributed by atoms with E-state index in [4.69, 9.17) is 0 Å². The fourth-order valence-corrected chi connectivity index (χ4v) is 4.28. The maximum atomic E-state index is 12.6. The molecule has 23 heavy (non-hydrogen) atoms. The van der Waals surface area contributed by atoms with Crippen molar-refractivity contribution in [1.29, 1.82) is 0 Å². The number of nitrogens with one attached hydrogen (secondary N) is 1. The number of fused-ring (bicyclic) bond motifs is 1. The van der Waals surface area contributed by atoms with Crippen molar-refractivity contribution in [3.63, 3.8) is 0 Å². The lowest BCUT2D eigenvalue weighted by Crippen LogP contribution is -2.49. The van der Waals surface area contributed by atoms with Crippen LogP contribution in [-0.2, 0) is 29.0 Å². The van der Waals surface area contributed by atoms with Crippen LogP contribution in [0.2, 0.25) is 0 Å². The zero-order valence-corrected chi connectivity index (χ0v) is 14.1. The van der Waals surface area contributed by atoms with E-state index in [1.165, 1.54) is 22.6 Å². The molecule has 2 aromatic rings. The molecule has 0 aliphatic carbocycles. The summed E-state index contributed by atoms with van der Waals surface area (Å²) in [6.45, 7) is 2.29. The Balaban J connectivity index is 1.75. The van der Waals surface area contributed by atoms with Crippen LogP contribution in [0.15, 0.2) is 16.0 Å². The molecule has 2 aromatic heterocycles. The molecular formula is C14H16N4O3S2. The van der Waals surface area contributed by atoms with Gasteiger partial charge in [0.1, 0.15) is 10.4 Å². The van der Waals surface area contributed by atoms with Crippen molar-refractivity contribution in [2.24, 2.45) is 0 Å². The average molecular weight is 352 g/mol. The smallest absolute Gasteiger partial charge is 0.326 e. The van der Waals surface area contributed by atoms with Crippen LogP contribution in [0, 0.1) is 0 Å². The Hall–Kier alpha value is -1.87. The Kier molecular flexibility index (Phi) is 4.67. The largest absolute Gasteiger partial charge is 0.480 e. The number of rotatable bonds is 5. The van der Waals surface area contributed by atoms with E-state index in [2.05, 4.69) is 15.0 Å². The molecule has 3 heterocycles. The zero-order valence-electron chi connectivity index (χ0n) is 12.5. The summed E-state index contributed by atoms with van der Waals surface area (Å²) in [6.07, 6.45) is 1.88. The Labute approximate surface area is 141 Å². The zero-order chi connectivity index (χ0) is 16.4. The molecule has 1 amide bonds. The van der Waals surface area contributed by atoms with Crippen LogP contribution in [0.1, 0.15) is 24.0 Å². The Morgan fingerprint density at radius 1 is 1.57 bits per heavy atom.